The lowest BCUT2D eigenvalue weighted by molar-refractivity contribution is -0.115. The van der Waals surface area contributed by atoms with Crippen molar-refractivity contribution in [2.24, 2.45) is 0 Å². The van der Waals surface area contributed by atoms with Crippen LogP contribution in [0.15, 0.2) is 34.2 Å². The van der Waals surface area contributed by atoms with Gasteiger partial charge in [-0.05, 0) is 50.8 Å². The highest BCUT2D eigenvalue weighted by Crippen LogP contribution is 2.40. The van der Waals surface area contributed by atoms with E-state index < -0.39 is 5.25 Å². The summed E-state index contributed by atoms with van der Waals surface area (Å²) in [5, 5.41) is 11.2. The standard InChI is InChI=1S/C20H20N4O4S2/c1-3-27-19(26)15-13-7-4-8-14(13)30-18(15)22-16(25)11(2)29-20-24-23-17(28-20)12-6-5-9-21-10-12/h5-6,9-11H,3-4,7-8H2,1-2H3,(H,22,25). The lowest BCUT2D eigenvalue weighted by Gasteiger charge is -2.11. The van der Waals surface area contributed by atoms with Crippen molar-refractivity contribution in [2.75, 3.05) is 11.9 Å². The molecule has 1 amide bonds. The summed E-state index contributed by atoms with van der Waals surface area (Å²) in [5.41, 5.74) is 2.21. The largest absolute Gasteiger partial charge is 0.462 e. The molecule has 30 heavy (non-hydrogen) atoms. The highest BCUT2D eigenvalue weighted by atomic mass is 32.2. The van der Waals surface area contributed by atoms with Crippen LogP contribution in [-0.2, 0) is 22.4 Å². The molecule has 0 bridgehead atoms. The van der Waals surface area contributed by atoms with Crippen LogP contribution in [0.3, 0.4) is 0 Å². The first-order valence-corrected chi connectivity index (χ1v) is 11.3. The molecule has 3 heterocycles. The maximum absolute atomic E-state index is 12.8. The number of amides is 1. The topological polar surface area (TPSA) is 107 Å². The Morgan fingerprint density at radius 1 is 1.37 bits per heavy atom. The van der Waals surface area contributed by atoms with Gasteiger partial charge < -0.3 is 14.5 Å². The van der Waals surface area contributed by atoms with Gasteiger partial charge in [0.25, 0.3) is 5.22 Å². The third-order valence-electron chi connectivity index (χ3n) is 4.60. The number of hydrogen-bond acceptors (Lipinski definition) is 9. The predicted octanol–water partition coefficient (Wildman–Crippen LogP) is 3.98. The number of nitrogens with one attached hydrogen (secondary N) is 1. The maximum Gasteiger partial charge on any atom is 0.341 e. The van der Waals surface area contributed by atoms with E-state index in [0.29, 0.717) is 28.6 Å². The quantitative estimate of drug-likeness (QED) is 0.431. The summed E-state index contributed by atoms with van der Waals surface area (Å²) in [4.78, 5) is 30.4. The highest BCUT2D eigenvalue weighted by Gasteiger charge is 2.29. The molecule has 0 spiro atoms. The third-order valence-corrected chi connectivity index (χ3v) is 6.74. The number of hydrogen-bond donors (Lipinski definition) is 1. The van der Waals surface area contributed by atoms with Crippen LogP contribution in [0, 0.1) is 0 Å². The summed E-state index contributed by atoms with van der Waals surface area (Å²) in [6.07, 6.45) is 6.06. The summed E-state index contributed by atoms with van der Waals surface area (Å²) < 4.78 is 10.8. The first-order valence-electron chi connectivity index (χ1n) is 9.60. The van der Waals surface area contributed by atoms with Gasteiger partial charge in [-0.1, -0.05) is 11.8 Å². The number of thioether (sulfide) groups is 1. The fourth-order valence-corrected chi connectivity index (χ4v) is 5.16. The summed E-state index contributed by atoms with van der Waals surface area (Å²) in [6, 6.07) is 3.60. The zero-order valence-electron chi connectivity index (χ0n) is 16.5. The molecular weight excluding hydrogens is 424 g/mol. The summed E-state index contributed by atoms with van der Waals surface area (Å²) in [5.74, 6) is -0.283. The van der Waals surface area contributed by atoms with Crippen molar-refractivity contribution in [3.63, 3.8) is 0 Å². The van der Waals surface area contributed by atoms with Crippen LogP contribution in [-0.4, -0.2) is 38.9 Å². The molecule has 1 aliphatic carbocycles. The Morgan fingerprint density at radius 3 is 3.00 bits per heavy atom. The van der Waals surface area contributed by atoms with Crippen LogP contribution in [0.1, 0.15) is 41.1 Å². The zero-order valence-corrected chi connectivity index (χ0v) is 18.1. The Hall–Kier alpha value is -2.72. The Kier molecular flexibility index (Phi) is 6.14. The molecule has 10 heteroatoms. The minimum Gasteiger partial charge on any atom is -0.462 e. The Morgan fingerprint density at radius 2 is 2.23 bits per heavy atom. The van der Waals surface area contributed by atoms with Gasteiger partial charge in [0.1, 0.15) is 5.00 Å². The van der Waals surface area contributed by atoms with E-state index >= 15 is 0 Å². The number of pyridine rings is 1. The number of fused-ring (bicyclic) bond motifs is 1. The number of thiophene rings is 1. The number of rotatable bonds is 7. The maximum atomic E-state index is 12.8. The molecule has 1 N–H and O–H groups in total. The van der Waals surface area contributed by atoms with Gasteiger partial charge in [-0.15, -0.1) is 21.5 Å². The van der Waals surface area contributed by atoms with Gasteiger partial charge in [-0.25, -0.2) is 4.79 Å². The molecule has 0 saturated carbocycles. The Labute approximate surface area is 181 Å². The van der Waals surface area contributed by atoms with E-state index in [-0.39, 0.29) is 17.1 Å². The molecule has 3 aromatic rings. The third kappa shape index (κ3) is 4.24. The molecule has 8 nitrogen and oxygen atoms in total. The van der Waals surface area contributed by atoms with E-state index in [2.05, 4.69) is 20.5 Å². The fourth-order valence-electron chi connectivity index (χ4n) is 3.19. The number of ether oxygens (including phenoxy) is 1. The minimum atomic E-state index is -0.501. The van der Waals surface area contributed by atoms with Gasteiger partial charge in [0.15, 0.2) is 0 Å². The van der Waals surface area contributed by atoms with E-state index in [1.54, 1.807) is 32.3 Å². The van der Waals surface area contributed by atoms with E-state index in [1.165, 1.54) is 11.3 Å². The number of aryl methyl sites for hydroxylation is 1. The van der Waals surface area contributed by atoms with Crippen molar-refractivity contribution < 1.29 is 18.7 Å². The van der Waals surface area contributed by atoms with Gasteiger partial charge in [0, 0.05) is 17.3 Å². The molecule has 4 rings (SSSR count). The molecule has 0 aromatic carbocycles. The van der Waals surface area contributed by atoms with Crippen LogP contribution in [0.25, 0.3) is 11.5 Å². The molecule has 0 aliphatic heterocycles. The molecule has 1 aliphatic rings. The molecule has 0 saturated heterocycles. The smallest absolute Gasteiger partial charge is 0.341 e. The average Bonchev–Trinajstić information content (AvgIpc) is 3.45. The van der Waals surface area contributed by atoms with Crippen molar-refractivity contribution >= 4 is 40.0 Å². The Bertz CT molecular complexity index is 1060. The number of nitrogens with zero attached hydrogens (tertiary/aromatic N) is 3. The average molecular weight is 445 g/mol. The zero-order chi connectivity index (χ0) is 21.1. The molecule has 156 valence electrons. The van der Waals surface area contributed by atoms with E-state index in [4.69, 9.17) is 9.15 Å². The molecule has 0 fully saturated rings. The monoisotopic (exact) mass is 444 g/mol. The second kappa shape index (κ2) is 8.97. The van der Waals surface area contributed by atoms with Crippen molar-refractivity contribution in [3.8, 4) is 11.5 Å². The lowest BCUT2D eigenvalue weighted by atomic mass is 10.1. The van der Waals surface area contributed by atoms with Crippen molar-refractivity contribution in [1.29, 1.82) is 0 Å². The van der Waals surface area contributed by atoms with E-state index in [9.17, 15) is 9.59 Å². The SMILES string of the molecule is CCOC(=O)c1c(NC(=O)C(C)Sc2nnc(-c3cccnc3)o2)sc2c1CCC2. The van der Waals surface area contributed by atoms with E-state index in [0.717, 1.165) is 41.5 Å². The van der Waals surface area contributed by atoms with Gasteiger partial charge in [-0.2, -0.15) is 0 Å². The van der Waals surface area contributed by atoms with Crippen LogP contribution in [0.4, 0.5) is 5.00 Å². The summed E-state index contributed by atoms with van der Waals surface area (Å²) >= 11 is 2.61. The molecular formula is C20H20N4O4S2. The summed E-state index contributed by atoms with van der Waals surface area (Å²) in [7, 11) is 0. The highest BCUT2D eigenvalue weighted by molar-refractivity contribution is 8.00. The second-order valence-corrected chi connectivity index (χ2v) is 9.04. The number of esters is 1. The van der Waals surface area contributed by atoms with Crippen LogP contribution >= 0.6 is 23.1 Å². The van der Waals surface area contributed by atoms with Gasteiger partial charge >= 0.3 is 5.97 Å². The van der Waals surface area contributed by atoms with Crippen LogP contribution in [0.2, 0.25) is 0 Å². The fraction of sp³-hybridized carbons (Fsp3) is 0.350. The Balaban J connectivity index is 1.46. The first-order chi connectivity index (χ1) is 14.6. The van der Waals surface area contributed by atoms with Gasteiger partial charge in [-0.3, -0.25) is 9.78 Å². The number of carbonyl (C=O) groups is 2. The lowest BCUT2D eigenvalue weighted by Crippen LogP contribution is -2.23. The van der Waals surface area contributed by atoms with Crippen LogP contribution < -0.4 is 5.32 Å². The van der Waals surface area contributed by atoms with Gasteiger partial charge in [0.05, 0.1) is 23.0 Å². The van der Waals surface area contributed by atoms with Gasteiger partial charge in [0.2, 0.25) is 11.8 Å². The van der Waals surface area contributed by atoms with Crippen molar-refractivity contribution in [2.45, 2.75) is 43.6 Å². The van der Waals surface area contributed by atoms with Crippen LogP contribution in [0.5, 0.6) is 0 Å². The number of anilines is 1. The molecule has 0 radical (unpaired) electrons. The number of aromatic nitrogens is 3. The predicted molar refractivity (Wildman–Crippen MR) is 114 cm³/mol. The number of carbonyl (C=O) groups excluding carboxylic acids is 2. The van der Waals surface area contributed by atoms with Crippen molar-refractivity contribution in [3.05, 3.63) is 40.5 Å². The van der Waals surface area contributed by atoms with E-state index in [1.807, 2.05) is 6.07 Å². The minimum absolute atomic E-state index is 0.244. The normalized spacial score (nSPS) is 13.7. The molecule has 1 atom stereocenters. The van der Waals surface area contributed by atoms with Crippen molar-refractivity contribution in [1.82, 2.24) is 15.2 Å². The molecule has 3 aromatic heterocycles. The molecule has 1 unspecified atom stereocenters. The summed E-state index contributed by atoms with van der Waals surface area (Å²) in [6.45, 7) is 3.81. The first kappa shape index (κ1) is 20.5. The second-order valence-electron chi connectivity index (χ2n) is 6.65.